The molecule has 0 spiro atoms. The number of likely N-dealkylation sites (tertiary alicyclic amines) is 1. The van der Waals surface area contributed by atoms with Crippen LogP contribution in [0.25, 0.3) is 0 Å². The third-order valence-corrected chi connectivity index (χ3v) is 5.45. The van der Waals surface area contributed by atoms with Crippen molar-refractivity contribution >= 4 is 10.0 Å². The SMILES string of the molecule is CN1CC[C@@H](CNS(=O)(=O)c2cnc[nH]2)[C@@H]1c1cccnc1. The van der Waals surface area contributed by atoms with Crippen LogP contribution < -0.4 is 4.72 Å². The molecule has 118 valence electrons. The van der Waals surface area contributed by atoms with Gasteiger partial charge in [-0.15, -0.1) is 0 Å². The molecule has 3 rings (SSSR count). The number of aromatic nitrogens is 3. The maximum atomic E-state index is 12.2. The second-order valence-electron chi connectivity index (χ2n) is 5.53. The Hall–Kier alpha value is -1.77. The summed E-state index contributed by atoms with van der Waals surface area (Å²) in [7, 11) is -1.47. The molecule has 0 radical (unpaired) electrons. The Morgan fingerprint density at radius 1 is 1.41 bits per heavy atom. The van der Waals surface area contributed by atoms with Crippen molar-refractivity contribution < 1.29 is 8.42 Å². The van der Waals surface area contributed by atoms with Gasteiger partial charge in [0.2, 0.25) is 0 Å². The fourth-order valence-corrected chi connectivity index (χ4v) is 4.00. The number of aromatic amines is 1. The average Bonchev–Trinajstić information content (AvgIpc) is 3.16. The van der Waals surface area contributed by atoms with Gasteiger partial charge in [0.05, 0.1) is 12.5 Å². The number of nitrogens with one attached hydrogen (secondary N) is 2. The molecular weight excluding hydrogens is 302 g/mol. The lowest BCUT2D eigenvalue weighted by atomic mass is 9.95. The van der Waals surface area contributed by atoms with Gasteiger partial charge in [0.25, 0.3) is 10.0 Å². The van der Waals surface area contributed by atoms with E-state index in [4.69, 9.17) is 0 Å². The molecule has 2 N–H and O–H groups in total. The molecule has 1 saturated heterocycles. The summed E-state index contributed by atoms with van der Waals surface area (Å²) in [5.41, 5.74) is 1.12. The van der Waals surface area contributed by atoms with E-state index in [0.29, 0.717) is 6.54 Å². The number of hydrogen-bond acceptors (Lipinski definition) is 5. The summed E-state index contributed by atoms with van der Waals surface area (Å²) in [6.07, 6.45) is 7.21. The summed E-state index contributed by atoms with van der Waals surface area (Å²) >= 11 is 0. The van der Waals surface area contributed by atoms with E-state index >= 15 is 0 Å². The highest BCUT2D eigenvalue weighted by molar-refractivity contribution is 7.89. The smallest absolute Gasteiger partial charge is 0.257 e. The molecule has 1 aliphatic rings. The molecule has 0 bridgehead atoms. The van der Waals surface area contributed by atoms with Gasteiger partial charge in [-0.1, -0.05) is 6.07 Å². The van der Waals surface area contributed by atoms with Crippen LogP contribution in [0.3, 0.4) is 0 Å². The highest BCUT2D eigenvalue weighted by atomic mass is 32.2. The number of H-pyrrole nitrogens is 1. The van der Waals surface area contributed by atoms with Crippen LogP contribution in [-0.2, 0) is 10.0 Å². The summed E-state index contributed by atoms with van der Waals surface area (Å²) in [5, 5.41) is 0.0942. The van der Waals surface area contributed by atoms with Gasteiger partial charge in [0.1, 0.15) is 0 Å². The molecule has 0 unspecified atom stereocenters. The minimum absolute atomic E-state index is 0.0942. The van der Waals surface area contributed by atoms with Crippen molar-refractivity contribution in [3.05, 3.63) is 42.6 Å². The van der Waals surface area contributed by atoms with Gasteiger partial charge in [-0.2, -0.15) is 0 Å². The van der Waals surface area contributed by atoms with Gasteiger partial charge in [-0.25, -0.2) is 18.1 Å². The summed E-state index contributed by atoms with van der Waals surface area (Å²) in [6.45, 7) is 1.33. The largest absolute Gasteiger partial charge is 0.335 e. The molecule has 3 heterocycles. The van der Waals surface area contributed by atoms with Crippen molar-refractivity contribution in [1.29, 1.82) is 0 Å². The van der Waals surface area contributed by atoms with Gasteiger partial charge in [0, 0.05) is 25.0 Å². The van der Waals surface area contributed by atoms with E-state index in [1.165, 1.54) is 12.5 Å². The number of sulfonamides is 1. The van der Waals surface area contributed by atoms with Crippen molar-refractivity contribution in [3.63, 3.8) is 0 Å². The first kappa shape index (κ1) is 15.1. The third kappa shape index (κ3) is 3.03. The second-order valence-corrected chi connectivity index (χ2v) is 7.26. The maximum Gasteiger partial charge on any atom is 0.257 e. The Bertz CT molecular complexity index is 702. The molecule has 2 aromatic heterocycles. The van der Waals surface area contributed by atoms with Gasteiger partial charge in [0.15, 0.2) is 5.03 Å². The summed E-state index contributed by atoms with van der Waals surface area (Å²) in [5.74, 6) is 0.215. The fourth-order valence-electron chi connectivity index (χ4n) is 3.00. The Labute approximate surface area is 129 Å². The Balaban J connectivity index is 1.72. The number of hydrogen-bond donors (Lipinski definition) is 2. The second kappa shape index (κ2) is 6.15. The lowest BCUT2D eigenvalue weighted by Gasteiger charge is -2.25. The lowest BCUT2D eigenvalue weighted by molar-refractivity contribution is 0.276. The molecule has 22 heavy (non-hydrogen) atoms. The highest BCUT2D eigenvalue weighted by Crippen LogP contribution is 2.35. The molecule has 0 aromatic carbocycles. The minimum atomic E-state index is -3.53. The number of imidazole rings is 1. The van der Waals surface area contributed by atoms with E-state index < -0.39 is 10.0 Å². The van der Waals surface area contributed by atoms with Crippen molar-refractivity contribution in [3.8, 4) is 0 Å². The maximum absolute atomic E-state index is 12.2. The fraction of sp³-hybridized carbons (Fsp3) is 0.429. The first-order valence-corrected chi connectivity index (χ1v) is 8.64. The molecule has 0 amide bonds. The number of nitrogens with zero attached hydrogens (tertiary/aromatic N) is 3. The zero-order chi connectivity index (χ0) is 15.6. The van der Waals surface area contributed by atoms with E-state index in [9.17, 15) is 8.42 Å². The van der Waals surface area contributed by atoms with Crippen LogP contribution in [-0.4, -0.2) is 48.4 Å². The molecule has 8 heteroatoms. The first-order chi connectivity index (χ1) is 10.6. The standard InChI is InChI=1S/C14H19N5O2S/c1-19-6-4-12(14(19)11-3-2-5-15-7-11)8-18-22(20,21)13-9-16-10-17-13/h2-3,5,7,9-10,12,14,18H,4,6,8H2,1H3,(H,16,17)/t12-,14-/m0/s1. The summed E-state index contributed by atoms with van der Waals surface area (Å²) < 4.78 is 27.0. The van der Waals surface area contributed by atoms with Gasteiger partial charge in [-0.05, 0) is 37.6 Å². The van der Waals surface area contributed by atoms with Crippen LogP contribution in [0.2, 0.25) is 0 Å². The zero-order valence-corrected chi connectivity index (χ0v) is 13.1. The van der Waals surface area contributed by atoms with Crippen molar-refractivity contribution in [2.24, 2.45) is 5.92 Å². The quantitative estimate of drug-likeness (QED) is 0.849. The molecule has 1 aliphatic heterocycles. The van der Waals surface area contributed by atoms with E-state index in [1.54, 1.807) is 6.20 Å². The van der Waals surface area contributed by atoms with Crippen LogP contribution >= 0.6 is 0 Å². The summed E-state index contributed by atoms with van der Waals surface area (Å²) in [4.78, 5) is 12.8. The molecule has 0 aliphatic carbocycles. The van der Waals surface area contributed by atoms with Gasteiger partial charge >= 0.3 is 0 Å². The molecule has 0 saturated carbocycles. The van der Waals surface area contributed by atoms with E-state index in [1.807, 2.05) is 18.3 Å². The molecular formula is C14H19N5O2S. The van der Waals surface area contributed by atoms with Crippen LogP contribution in [0.15, 0.2) is 42.1 Å². The molecule has 7 nitrogen and oxygen atoms in total. The van der Waals surface area contributed by atoms with Crippen LogP contribution in [0.5, 0.6) is 0 Å². The van der Waals surface area contributed by atoms with Crippen molar-refractivity contribution in [2.45, 2.75) is 17.5 Å². The van der Waals surface area contributed by atoms with Gasteiger partial charge < -0.3 is 4.98 Å². The number of pyridine rings is 1. The first-order valence-electron chi connectivity index (χ1n) is 7.16. The Morgan fingerprint density at radius 3 is 2.95 bits per heavy atom. The zero-order valence-electron chi connectivity index (χ0n) is 12.3. The molecule has 2 aromatic rings. The Kier molecular flexibility index (Phi) is 4.23. The van der Waals surface area contributed by atoms with Crippen molar-refractivity contribution in [2.75, 3.05) is 20.1 Å². The van der Waals surface area contributed by atoms with Crippen LogP contribution in [0, 0.1) is 5.92 Å². The lowest BCUT2D eigenvalue weighted by Crippen LogP contribution is -2.32. The normalized spacial score (nSPS) is 23.0. The molecule has 2 atom stereocenters. The predicted octanol–water partition coefficient (Wildman–Crippen LogP) is 0.776. The average molecular weight is 321 g/mol. The van der Waals surface area contributed by atoms with Crippen LogP contribution in [0.1, 0.15) is 18.0 Å². The minimum Gasteiger partial charge on any atom is -0.335 e. The molecule has 1 fully saturated rings. The third-order valence-electron chi connectivity index (χ3n) is 4.10. The van der Waals surface area contributed by atoms with Crippen molar-refractivity contribution in [1.82, 2.24) is 24.6 Å². The summed E-state index contributed by atoms with van der Waals surface area (Å²) in [6, 6.07) is 4.13. The Morgan fingerprint density at radius 2 is 2.27 bits per heavy atom. The van der Waals surface area contributed by atoms with Gasteiger partial charge in [-0.3, -0.25) is 9.88 Å². The highest BCUT2D eigenvalue weighted by Gasteiger charge is 2.34. The van der Waals surface area contributed by atoms with E-state index in [0.717, 1.165) is 18.5 Å². The number of rotatable bonds is 5. The topological polar surface area (TPSA) is 91.0 Å². The van der Waals surface area contributed by atoms with Crippen LogP contribution in [0.4, 0.5) is 0 Å². The van der Waals surface area contributed by atoms with E-state index in [-0.39, 0.29) is 17.0 Å². The van der Waals surface area contributed by atoms with E-state index in [2.05, 4.69) is 31.6 Å². The predicted molar refractivity (Wildman–Crippen MR) is 81.5 cm³/mol. The monoisotopic (exact) mass is 321 g/mol.